The molecule has 0 saturated heterocycles. The van der Waals surface area contributed by atoms with Crippen molar-refractivity contribution in [1.29, 1.82) is 0 Å². The van der Waals surface area contributed by atoms with Gasteiger partial charge in [-0.3, -0.25) is 0 Å². The molecule has 3 nitrogen and oxygen atoms in total. The van der Waals surface area contributed by atoms with Crippen molar-refractivity contribution in [1.82, 2.24) is 15.3 Å². The molecule has 1 saturated carbocycles. The summed E-state index contributed by atoms with van der Waals surface area (Å²) in [5.74, 6) is 0. The van der Waals surface area contributed by atoms with Crippen molar-refractivity contribution in [2.45, 2.75) is 35.3 Å². The molecule has 1 aliphatic carbocycles. The van der Waals surface area contributed by atoms with Gasteiger partial charge in [-0.2, -0.15) is 0 Å². The van der Waals surface area contributed by atoms with Gasteiger partial charge in [0.1, 0.15) is 11.4 Å². The molecule has 0 radical (unpaired) electrons. The summed E-state index contributed by atoms with van der Waals surface area (Å²) in [6.07, 6.45) is 5.87. The third-order valence-corrected chi connectivity index (χ3v) is 4.40. The van der Waals surface area contributed by atoms with E-state index in [-0.39, 0.29) is 0 Å². The molecule has 0 spiro atoms. The number of halogens is 1. The molecule has 1 fully saturated rings. The number of aromatic nitrogens is 2. The Labute approximate surface area is 121 Å². The van der Waals surface area contributed by atoms with E-state index in [1.165, 1.54) is 12.8 Å². The third kappa shape index (κ3) is 3.47. The Morgan fingerprint density at radius 2 is 2.21 bits per heavy atom. The number of hydrogen-bond acceptors (Lipinski definition) is 4. The van der Waals surface area contributed by atoms with E-state index >= 15 is 0 Å². The van der Waals surface area contributed by atoms with E-state index in [1.807, 2.05) is 18.2 Å². The lowest BCUT2D eigenvalue weighted by atomic mass is 10.2. The van der Waals surface area contributed by atoms with Crippen molar-refractivity contribution in [3.63, 3.8) is 0 Å². The Hall–Kier alpha value is -1.10. The van der Waals surface area contributed by atoms with Gasteiger partial charge in [-0.1, -0.05) is 29.4 Å². The van der Waals surface area contributed by atoms with E-state index < -0.39 is 0 Å². The van der Waals surface area contributed by atoms with Crippen LogP contribution in [0.4, 0.5) is 0 Å². The Balaban J connectivity index is 1.80. The fourth-order valence-corrected chi connectivity index (χ4v) is 2.99. The second kappa shape index (κ2) is 5.90. The Morgan fingerprint density at radius 1 is 1.32 bits per heavy atom. The van der Waals surface area contributed by atoms with E-state index in [4.69, 9.17) is 11.6 Å². The average Bonchev–Trinajstić information content (AvgIpc) is 3.23. The maximum absolute atomic E-state index is 6.31. The molecular weight excluding hydrogens is 278 g/mol. The molecule has 1 aromatic heterocycles. The van der Waals surface area contributed by atoms with Gasteiger partial charge in [-0.25, -0.2) is 9.97 Å². The van der Waals surface area contributed by atoms with Gasteiger partial charge in [0.15, 0.2) is 0 Å². The summed E-state index contributed by atoms with van der Waals surface area (Å²) < 4.78 is 0. The second-order valence-corrected chi connectivity index (χ2v) is 5.99. The van der Waals surface area contributed by atoms with E-state index in [0.29, 0.717) is 6.04 Å². The van der Waals surface area contributed by atoms with E-state index in [1.54, 1.807) is 24.3 Å². The maximum atomic E-state index is 6.31. The van der Waals surface area contributed by atoms with Gasteiger partial charge < -0.3 is 5.32 Å². The molecule has 19 heavy (non-hydrogen) atoms. The Kier molecular flexibility index (Phi) is 4.01. The van der Waals surface area contributed by atoms with Crippen molar-refractivity contribution in [2.75, 3.05) is 0 Å². The lowest BCUT2D eigenvalue weighted by Gasteiger charge is -2.11. The first-order valence-electron chi connectivity index (χ1n) is 6.27. The van der Waals surface area contributed by atoms with Crippen LogP contribution in [0.25, 0.3) is 0 Å². The van der Waals surface area contributed by atoms with E-state index in [9.17, 15) is 0 Å². The summed E-state index contributed by atoms with van der Waals surface area (Å²) in [4.78, 5) is 9.32. The zero-order valence-electron chi connectivity index (χ0n) is 10.3. The normalized spacial score (nSPS) is 14.6. The topological polar surface area (TPSA) is 37.8 Å². The summed E-state index contributed by atoms with van der Waals surface area (Å²) in [7, 11) is 0. The van der Waals surface area contributed by atoms with Crippen LogP contribution in [0.1, 0.15) is 18.4 Å². The molecule has 2 aromatic rings. The molecule has 1 N–H and O–H groups in total. The number of nitrogens with one attached hydrogen (secondary N) is 1. The first kappa shape index (κ1) is 12.9. The summed E-state index contributed by atoms with van der Waals surface area (Å²) in [6.45, 7) is 0.817. The van der Waals surface area contributed by atoms with Crippen LogP contribution in [0, 0.1) is 0 Å². The molecule has 3 rings (SSSR count). The lowest BCUT2D eigenvalue weighted by molar-refractivity contribution is 0.680. The van der Waals surface area contributed by atoms with Crippen molar-refractivity contribution in [3.8, 4) is 0 Å². The van der Waals surface area contributed by atoms with Gasteiger partial charge >= 0.3 is 0 Å². The molecule has 98 valence electrons. The first-order chi connectivity index (χ1) is 9.33. The molecule has 0 bridgehead atoms. The van der Waals surface area contributed by atoms with Gasteiger partial charge in [0.05, 0.1) is 0 Å². The molecule has 1 heterocycles. The fraction of sp³-hybridized carbons (Fsp3) is 0.286. The number of nitrogens with zero attached hydrogens (tertiary/aromatic N) is 2. The average molecular weight is 292 g/mol. The number of hydrogen-bond donors (Lipinski definition) is 1. The van der Waals surface area contributed by atoms with Crippen molar-refractivity contribution >= 4 is 23.4 Å². The van der Waals surface area contributed by atoms with Gasteiger partial charge in [-0.15, -0.1) is 0 Å². The maximum Gasteiger partial charge on any atom is 0.116 e. The number of benzene rings is 1. The van der Waals surface area contributed by atoms with Crippen LogP contribution in [0.3, 0.4) is 0 Å². The van der Waals surface area contributed by atoms with Gasteiger partial charge in [0.25, 0.3) is 0 Å². The van der Waals surface area contributed by atoms with Crippen molar-refractivity contribution < 1.29 is 0 Å². The number of rotatable bonds is 5. The summed E-state index contributed by atoms with van der Waals surface area (Å²) in [6, 6.07) is 8.59. The van der Waals surface area contributed by atoms with Crippen LogP contribution in [0.15, 0.2) is 46.7 Å². The standard InChI is InChI=1S/C14H14ClN3S/c15-12-2-1-3-13(11(12)8-17-10-4-5-10)19-14-6-7-16-9-18-14/h1-3,6-7,9-10,17H,4-5,8H2. The van der Waals surface area contributed by atoms with Crippen LogP contribution in [-0.4, -0.2) is 16.0 Å². The van der Waals surface area contributed by atoms with E-state index in [2.05, 4.69) is 21.4 Å². The fourth-order valence-electron chi connectivity index (χ4n) is 1.79. The smallest absolute Gasteiger partial charge is 0.116 e. The van der Waals surface area contributed by atoms with Crippen LogP contribution < -0.4 is 5.32 Å². The van der Waals surface area contributed by atoms with Crippen LogP contribution in [0.2, 0.25) is 5.02 Å². The van der Waals surface area contributed by atoms with Gasteiger partial charge in [0.2, 0.25) is 0 Å². The van der Waals surface area contributed by atoms with E-state index in [0.717, 1.165) is 27.1 Å². The molecular formula is C14H14ClN3S. The third-order valence-electron chi connectivity index (χ3n) is 2.99. The highest BCUT2D eigenvalue weighted by molar-refractivity contribution is 7.99. The van der Waals surface area contributed by atoms with Crippen molar-refractivity contribution in [2.24, 2.45) is 0 Å². The molecule has 1 aromatic carbocycles. The molecule has 1 aliphatic rings. The molecule has 0 unspecified atom stereocenters. The minimum Gasteiger partial charge on any atom is -0.310 e. The van der Waals surface area contributed by atoms with Gasteiger partial charge in [0, 0.05) is 28.7 Å². The van der Waals surface area contributed by atoms with Crippen LogP contribution >= 0.6 is 23.4 Å². The largest absolute Gasteiger partial charge is 0.310 e. The zero-order chi connectivity index (χ0) is 13.1. The highest BCUT2D eigenvalue weighted by atomic mass is 35.5. The highest BCUT2D eigenvalue weighted by Crippen LogP contribution is 2.33. The monoisotopic (exact) mass is 291 g/mol. The Morgan fingerprint density at radius 3 is 2.95 bits per heavy atom. The molecule has 0 amide bonds. The minimum absolute atomic E-state index is 0.674. The summed E-state index contributed by atoms with van der Waals surface area (Å²) in [5, 5.41) is 5.26. The van der Waals surface area contributed by atoms with Crippen LogP contribution in [0.5, 0.6) is 0 Å². The highest BCUT2D eigenvalue weighted by Gasteiger charge is 2.21. The molecule has 0 aliphatic heterocycles. The SMILES string of the molecule is Clc1cccc(Sc2ccncn2)c1CNC1CC1. The first-order valence-corrected chi connectivity index (χ1v) is 7.47. The summed E-state index contributed by atoms with van der Waals surface area (Å²) >= 11 is 7.94. The second-order valence-electron chi connectivity index (χ2n) is 4.52. The minimum atomic E-state index is 0.674. The summed E-state index contributed by atoms with van der Waals surface area (Å²) in [5.41, 5.74) is 1.15. The predicted molar refractivity (Wildman–Crippen MR) is 77.5 cm³/mol. The predicted octanol–water partition coefficient (Wildman–Crippen LogP) is 3.53. The van der Waals surface area contributed by atoms with Crippen LogP contribution in [-0.2, 0) is 6.54 Å². The van der Waals surface area contributed by atoms with Gasteiger partial charge in [-0.05, 0) is 36.6 Å². The van der Waals surface area contributed by atoms with Crippen molar-refractivity contribution in [3.05, 3.63) is 47.4 Å². The Bertz CT molecular complexity index is 558. The molecule has 0 atom stereocenters. The zero-order valence-corrected chi connectivity index (χ0v) is 11.9. The molecule has 5 heteroatoms. The lowest BCUT2D eigenvalue weighted by Crippen LogP contribution is -2.16. The quantitative estimate of drug-likeness (QED) is 0.855.